The van der Waals surface area contributed by atoms with Crippen molar-refractivity contribution in [3.63, 3.8) is 0 Å². The van der Waals surface area contributed by atoms with Crippen LogP contribution in [0.25, 0.3) is 0 Å². The summed E-state index contributed by atoms with van der Waals surface area (Å²) in [7, 11) is 0. The lowest BCUT2D eigenvalue weighted by molar-refractivity contribution is 0.102. The molecule has 0 aliphatic heterocycles. The monoisotopic (exact) mass is 369 g/mol. The lowest BCUT2D eigenvalue weighted by Crippen LogP contribution is -2.13. The number of phenols is 1. The number of aromatic hydroxyl groups is 1. The summed E-state index contributed by atoms with van der Waals surface area (Å²) in [6.45, 7) is -0.144. The molecule has 0 bridgehead atoms. The minimum atomic E-state index is -0.326. The van der Waals surface area contributed by atoms with Crippen LogP contribution in [0.3, 0.4) is 0 Å². The summed E-state index contributed by atoms with van der Waals surface area (Å²) in [6, 6.07) is 11.7. The number of rotatable bonds is 3. The van der Waals surface area contributed by atoms with Crippen LogP contribution in [0.2, 0.25) is 0 Å². The highest BCUT2D eigenvalue weighted by Gasteiger charge is 2.10. The fourth-order valence-electron chi connectivity index (χ4n) is 1.63. The zero-order valence-electron chi connectivity index (χ0n) is 9.93. The quantitative estimate of drug-likeness (QED) is 0.729. The van der Waals surface area contributed by atoms with Gasteiger partial charge in [-0.25, -0.2) is 0 Å². The minimum absolute atomic E-state index is 0.0729. The van der Waals surface area contributed by atoms with E-state index in [1.807, 2.05) is 22.6 Å². The Morgan fingerprint density at radius 3 is 2.63 bits per heavy atom. The van der Waals surface area contributed by atoms with Crippen molar-refractivity contribution < 1.29 is 15.0 Å². The van der Waals surface area contributed by atoms with Crippen molar-refractivity contribution >= 4 is 34.2 Å². The van der Waals surface area contributed by atoms with Crippen LogP contribution < -0.4 is 5.32 Å². The number of nitrogens with one attached hydrogen (secondary N) is 1. The Morgan fingerprint density at radius 2 is 1.95 bits per heavy atom. The number of carbonyl (C=O) groups excluding carboxylic acids is 1. The number of anilines is 1. The van der Waals surface area contributed by atoms with Crippen molar-refractivity contribution in [1.82, 2.24) is 0 Å². The maximum absolute atomic E-state index is 12.0. The first-order chi connectivity index (χ1) is 9.11. The standard InChI is InChI=1S/C14H12INO3/c15-11-6-5-9(7-13(11)18)14(19)16-12-4-2-1-3-10(12)8-17/h1-7,17-18H,8H2,(H,16,19). The summed E-state index contributed by atoms with van der Waals surface area (Å²) in [4.78, 5) is 12.0. The van der Waals surface area contributed by atoms with E-state index in [1.54, 1.807) is 36.4 Å². The summed E-state index contributed by atoms with van der Waals surface area (Å²) in [5, 5.41) is 21.5. The van der Waals surface area contributed by atoms with Crippen LogP contribution in [0.1, 0.15) is 15.9 Å². The van der Waals surface area contributed by atoms with Crippen molar-refractivity contribution in [3.8, 4) is 5.75 Å². The molecular weight excluding hydrogens is 357 g/mol. The van der Waals surface area contributed by atoms with Gasteiger partial charge in [0.15, 0.2) is 0 Å². The molecule has 0 saturated carbocycles. The van der Waals surface area contributed by atoms with E-state index in [0.29, 0.717) is 20.4 Å². The Morgan fingerprint density at radius 1 is 1.21 bits per heavy atom. The number of hydrogen-bond donors (Lipinski definition) is 3. The van der Waals surface area contributed by atoms with Gasteiger partial charge in [-0.05, 0) is 46.9 Å². The number of benzene rings is 2. The van der Waals surface area contributed by atoms with Crippen LogP contribution in [-0.2, 0) is 6.61 Å². The third kappa shape index (κ3) is 3.24. The van der Waals surface area contributed by atoms with E-state index in [2.05, 4.69) is 5.32 Å². The van der Waals surface area contributed by atoms with Crippen LogP contribution in [0.15, 0.2) is 42.5 Å². The van der Waals surface area contributed by atoms with Crippen LogP contribution in [0.5, 0.6) is 5.75 Å². The molecule has 1 amide bonds. The molecule has 0 radical (unpaired) electrons. The van der Waals surface area contributed by atoms with Gasteiger partial charge in [-0.15, -0.1) is 0 Å². The molecular formula is C14H12INO3. The number of hydrogen-bond acceptors (Lipinski definition) is 3. The second-order valence-corrected chi connectivity index (χ2v) is 5.10. The maximum Gasteiger partial charge on any atom is 0.255 e. The number of para-hydroxylation sites is 1. The largest absolute Gasteiger partial charge is 0.507 e. The smallest absolute Gasteiger partial charge is 0.255 e. The third-order valence-electron chi connectivity index (χ3n) is 2.64. The lowest BCUT2D eigenvalue weighted by Gasteiger charge is -2.09. The van der Waals surface area contributed by atoms with Gasteiger partial charge < -0.3 is 15.5 Å². The molecule has 0 aliphatic rings. The van der Waals surface area contributed by atoms with Crippen LogP contribution in [-0.4, -0.2) is 16.1 Å². The molecule has 19 heavy (non-hydrogen) atoms. The predicted molar refractivity (Wildman–Crippen MR) is 81.1 cm³/mol. The van der Waals surface area contributed by atoms with Gasteiger partial charge in [0, 0.05) is 16.8 Å². The normalized spacial score (nSPS) is 10.2. The van der Waals surface area contributed by atoms with E-state index >= 15 is 0 Å². The van der Waals surface area contributed by atoms with Gasteiger partial charge in [-0.2, -0.15) is 0 Å². The van der Waals surface area contributed by atoms with Gasteiger partial charge in [0.2, 0.25) is 0 Å². The maximum atomic E-state index is 12.0. The van der Waals surface area contributed by atoms with Gasteiger partial charge in [0.25, 0.3) is 5.91 Å². The third-order valence-corrected chi connectivity index (χ3v) is 3.56. The van der Waals surface area contributed by atoms with Gasteiger partial charge in [-0.1, -0.05) is 18.2 Å². The van der Waals surface area contributed by atoms with Gasteiger partial charge >= 0.3 is 0 Å². The zero-order valence-corrected chi connectivity index (χ0v) is 12.1. The zero-order chi connectivity index (χ0) is 13.8. The fraction of sp³-hybridized carbons (Fsp3) is 0.0714. The van der Waals surface area contributed by atoms with Gasteiger partial charge in [-0.3, -0.25) is 4.79 Å². The Balaban J connectivity index is 2.23. The molecule has 0 heterocycles. The molecule has 0 atom stereocenters. The lowest BCUT2D eigenvalue weighted by atomic mass is 10.1. The van der Waals surface area contributed by atoms with E-state index < -0.39 is 0 Å². The Kier molecular flexibility index (Phi) is 4.39. The second-order valence-electron chi connectivity index (χ2n) is 3.94. The molecule has 0 aromatic heterocycles. The van der Waals surface area contributed by atoms with Crippen molar-refractivity contribution in [2.45, 2.75) is 6.61 Å². The van der Waals surface area contributed by atoms with Crippen LogP contribution in [0, 0.1) is 3.57 Å². The van der Waals surface area contributed by atoms with E-state index in [0.717, 1.165) is 0 Å². The van der Waals surface area contributed by atoms with Gasteiger partial charge in [0.1, 0.15) is 5.75 Å². The summed E-state index contributed by atoms with van der Waals surface area (Å²) >= 11 is 1.98. The van der Waals surface area contributed by atoms with E-state index in [-0.39, 0.29) is 18.3 Å². The van der Waals surface area contributed by atoms with Gasteiger partial charge in [0.05, 0.1) is 10.2 Å². The van der Waals surface area contributed by atoms with E-state index in [1.165, 1.54) is 6.07 Å². The molecule has 5 heteroatoms. The second kappa shape index (κ2) is 6.03. The first-order valence-corrected chi connectivity index (χ1v) is 6.68. The molecule has 0 unspecified atom stereocenters. The Hall–Kier alpha value is -1.60. The molecule has 0 spiro atoms. The van der Waals surface area contributed by atoms with Crippen molar-refractivity contribution in [1.29, 1.82) is 0 Å². The van der Waals surface area contributed by atoms with Crippen molar-refractivity contribution in [2.24, 2.45) is 0 Å². The number of aliphatic hydroxyl groups excluding tert-OH is 1. The highest BCUT2D eigenvalue weighted by atomic mass is 127. The molecule has 2 aromatic carbocycles. The topological polar surface area (TPSA) is 69.6 Å². The number of amides is 1. The SMILES string of the molecule is O=C(Nc1ccccc1CO)c1ccc(I)c(O)c1. The first-order valence-electron chi connectivity index (χ1n) is 5.60. The van der Waals surface area contributed by atoms with E-state index in [9.17, 15) is 15.0 Å². The number of phenolic OH excluding ortho intramolecular Hbond substituents is 1. The highest BCUT2D eigenvalue weighted by molar-refractivity contribution is 14.1. The molecule has 2 rings (SSSR count). The Bertz CT molecular complexity index is 613. The van der Waals surface area contributed by atoms with Crippen LogP contribution >= 0.6 is 22.6 Å². The fourth-order valence-corrected chi connectivity index (χ4v) is 1.96. The van der Waals surface area contributed by atoms with Crippen molar-refractivity contribution in [3.05, 3.63) is 57.2 Å². The molecule has 2 aromatic rings. The molecule has 3 N–H and O–H groups in total. The minimum Gasteiger partial charge on any atom is -0.507 e. The number of carbonyl (C=O) groups is 1. The summed E-state index contributed by atoms with van der Waals surface area (Å²) in [5.74, 6) is -0.253. The summed E-state index contributed by atoms with van der Waals surface area (Å²) in [6.07, 6.45) is 0. The Labute approximate surface area is 124 Å². The molecule has 0 fully saturated rings. The molecule has 98 valence electrons. The predicted octanol–water partition coefficient (Wildman–Crippen LogP) is 2.74. The molecule has 0 saturated heterocycles. The van der Waals surface area contributed by atoms with Crippen LogP contribution in [0.4, 0.5) is 5.69 Å². The summed E-state index contributed by atoms with van der Waals surface area (Å²) in [5.41, 5.74) is 1.57. The average molecular weight is 369 g/mol. The van der Waals surface area contributed by atoms with Crippen molar-refractivity contribution in [2.75, 3.05) is 5.32 Å². The molecule has 4 nitrogen and oxygen atoms in total. The first kappa shape index (κ1) is 13.8. The molecule has 0 aliphatic carbocycles. The highest BCUT2D eigenvalue weighted by Crippen LogP contribution is 2.22. The number of aliphatic hydroxyl groups is 1. The van der Waals surface area contributed by atoms with E-state index in [4.69, 9.17) is 0 Å². The number of halogens is 1. The summed E-state index contributed by atoms with van der Waals surface area (Å²) < 4.78 is 0.685. The average Bonchev–Trinajstić information content (AvgIpc) is 2.42.